The van der Waals surface area contributed by atoms with Crippen LogP contribution in [-0.4, -0.2) is 48.3 Å². The molecule has 1 aromatic carbocycles. The van der Waals surface area contributed by atoms with Gasteiger partial charge in [0, 0.05) is 24.8 Å². The van der Waals surface area contributed by atoms with Crippen LogP contribution in [0.3, 0.4) is 0 Å². The van der Waals surface area contributed by atoms with Crippen LogP contribution in [0.2, 0.25) is 0 Å². The third-order valence-electron chi connectivity index (χ3n) is 3.91. The quantitative estimate of drug-likeness (QED) is 0.841. The molecule has 1 saturated heterocycles. The lowest BCUT2D eigenvalue weighted by Crippen LogP contribution is -2.44. The number of piperidine rings is 1. The van der Waals surface area contributed by atoms with Crippen molar-refractivity contribution < 1.29 is 19.1 Å². The van der Waals surface area contributed by atoms with E-state index in [1.54, 1.807) is 24.0 Å². The number of amides is 1. The number of esters is 1. The predicted octanol–water partition coefficient (Wildman–Crippen LogP) is 3.67. The van der Waals surface area contributed by atoms with E-state index in [2.05, 4.69) is 5.32 Å². The first-order chi connectivity index (χ1) is 11.8. The number of hydrogen-bond donors (Lipinski definition) is 1. The number of hydrogen-bond acceptors (Lipinski definition) is 5. The van der Waals surface area contributed by atoms with Crippen LogP contribution in [0, 0.1) is 0 Å². The first-order valence-corrected chi connectivity index (χ1v) is 8.80. The van der Waals surface area contributed by atoms with Crippen molar-refractivity contribution in [1.82, 2.24) is 4.90 Å². The molecule has 0 spiro atoms. The molecule has 6 heteroatoms. The summed E-state index contributed by atoms with van der Waals surface area (Å²) in [5.41, 5.74) is 1.04. The Morgan fingerprint density at radius 3 is 2.28 bits per heavy atom. The smallest absolute Gasteiger partial charge is 0.410 e. The molecule has 0 radical (unpaired) electrons. The van der Waals surface area contributed by atoms with Crippen LogP contribution in [0.5, 0.6) is 0 Å². The van der Waals surface area contributed by atoms with Gasteiger partial charge in [0.05, 0.1) is 12.2 Å². The first-order valence-electron chi connectivity index (χ1n) is 8.80. The van der Waals surface area contributed by atoms with E-state index in [1.807, 2.05) is 32.9 Å². The lowest BCUT2D eigenvalue weighted by Gasteiger charge is -2.34. The molecule has 0 aromatic heterocycles. The fraction of sp³-hybridized carbons (Fsp3) is 0.579. The van der Waals surface area contributed by atoms with Gasteiger partial charge in [0.25, 0.3) is 0 Å². The van der Waals surface area contributed by atoms with Crippen LogP contribution in [0.1, 0.15) is 50.9 Å². The second-order valence-corrected chi connectivity index (χ2v) is 7.18. The van der Waals surface area contributed by atoms with Crippen LogP contribution in [0.4, 0.5) is 10.5 Å². The molecule has 0 saturated carbocycles. The average molecular weight is 348 g/mol. The minimum absolute atomic E-state index is 0.246. The summed E-state index contributed by atoms with van der Waals surface area (Å²) in [6, 6.07) is 7.58. The fourth-order valence-electron chi connectivity index (χ4n) is 2.69. The Kier molecular flexibility index (Phi) is 6.28. The lowest BCUT2D eigenvalue weighted by molar-refractivity contribution is 0.0210. The molecule has 1 aliphatic rings. The molecule has 0 atom stereocenters. The molecule has 1 amide bonds. The SMILES string of the molecule is CCOC(=O)c1ccc(NC2CCN(C(=O)OC(C)(C)C)CC2)cc1. The van der Waals surface area contributed by atoms with Gasteiger partial charge in [0.1, 0.15) is 5.60 Å². The van der Waals surface area contributed by atoms with Crippen molar-refractivity contribution in [2.24, 2.45) is 0 Å². The Balaban J connectivity index is 1.82. The molecule has 1 aliphatic heterocycles. The Hall–Kier alpha value is -2.24. The van der Waals surface area contributed by atoms with Gasteiger partial charge in [-0.05, 0) is 64.8 Å². The maximum atomic E-state index is 12.1. The van der Waals surface area contributed by atoms with Crippen molar-refractivity contribution in [3.8, 4) is 0 Å². The Morgan fingerprint density at radius 2 is 1.76 bits per heavy atom. The maximum absolute atomic E-state index is 12.1. The van der Waals surface area contributed by atoms with Crippen LogP contribution < -0.4 is 5.32 Å². The van der Waals surface area contributed by atoms with Gasteiger partial charge in [0.2, 0.25) is 0 Å². The van der Waals surface area contributed by atoms with Crippen LogP contribution >= 0.6 is 0 Å². The van der Waals surface area contributed by atoms with Crippen molar-refractivity contribution in [2.45, 2.75) is 52.2 Å². The van der Waals surface area contributed by atoms with E-state index in [0.717, 1.165) is 18.5 Å². The number of rotatable bonds is 4. The number of benzene rings is 1. The molecule has 138 valence electrons. The average Bonchev–Trinajstić information content (AvgIpc) is 2.55. The Morgan fingerprint density at radius 1 is 1.16 bits per heavy atom. The van der Waals surface area contributed by atoms with E-state index < -0.39 is 5.60 Å². The fourth-order valence-corrected chi connectivity index (χ4v) is 2.69. The molecule has 0 unspecified atom stereocenters. The number of anilines is 1. The molecule has 1 aromatic rings. The van der Waals surface area contributed by atoms with Gasteiger partial charge in [-0.25, -0.2) is 9.59 Å². The third kappa shape index (κ3) is 5.96. The largest absolute Gasteiger partial charge is 0.462 e. The van der Waals surface area contributed by atoms with Crippen molar-refractivity contribution in [3.05, 3.63) is 29.8 Å². The zero-order valence-corrected chi connectivity index (χ0v) is 15.5. The summed E-state index contributed by atoms with van der Waals surface area (Å²) < 4.78 is 10.4. The number of nitrogens with one attached hydrogen (secondary N) is 1. The van der Waals surface area contributed by atoms with Crippen LogP contribution in [0.25, 0.3) is 0 Å². The first kappa shape index (κ1) is 19.1. The topological polar surface area (TPSA) is 67.9 Å². The minimum Gasteiger partial charge on any atom is -0.462 e. The summed E-state index contributed by atoms with van der Waals surface area (Å²) in [7, 11) is 0. The third-order valence-corrected chi connectivity index (χ3v) is 3.91. The standard InChI is InChI=1S/C19H28N2O4/c1-5-24-17(22)14-6-8-15(9-7-14)20-16-10-12-21(13-11-16)18(23)25-19(2,3)4/h6-9,16,20H,5,10-13H2,1-4H3. The van der Waals surface area contributed by atoms with E-state index in [9.17, 15) is 9.59 Å². The predicted molar refractivity (Wildman–Crippen MR) is 96.9 cm³/mol. The highest BCUT2D eigenvalue weighted by Crippen LogP contribution is 2.19. The molecule has 0 aliphatic carbocycles. The molecule has 1 N–H and O–H groups in total. The zero-order chi connectivity index (χ0) is 18.4. The van der Waals surface area contributed by atoms with Crippen molar-refractivity contribution in [1.29, 1.82) is 0 Å². The summed E-state index contributed by atoms with van der Waals surface area (Å²) in [6.45, 7) is 9.13. The van der Waals surface area contributed by atoms with Gasteiger partial charge in [0.15, 0.2) is 0 Å². The molecule has 0 bridgehead atoms. The highest BCUT2D eigenvalue weighted by Gasteiger charge is 2.26. The molecular formula is C19H28N2O4. The summed E-state index contributed by atoms with van der Waals surface area (Å²) in [5.74, 6) is -0.306. The van der Waals surface area contributed by atoms with Gasteiger partial charge in [-0.3, -0.25) is 0 Å². The van der Waals surface area contributed by atoms with Gasteiger partial charge >= 0.3 is 12.1 Å². The minimum atomic E-state index is -0.465. The highest BCUT2D eigenvalue weighted by molar-refractivity contribution is 5.89. The molecule has 2 rings (SSSR count). The normalized spacial score (nSPS) is 15.6. The number of nitrogens with zero attached hydrogens (tertiary/aromatic N) is 1. The molecule has 1 heterocycles. The second kappa shape index (κ2) is 8.23. The molecule has 1 fully saturated rings. The molecule has 25 heavy (non-hydrogen) atoms. The highest BCUT2D eigenvalue weighted by atomic mass is 16.6. The van der Waals surface area contributed by atoms with E-state index in [4.69, 9.17) is 9.47 Å². The Labute approximate surface area is 149 Å². The molecule has 6 nitrogen and oxygen atoms in total. The van der Waals surface area contributed by atoms with Gasteiger partial charge in [-0.15, -0.1) is 0 Å². The lowest BCUT2D eigenvalue weighted by atomic mass is 10.0. The summed E-state index contributed by atoms with van der Waals surface area (Å²) >= 11 is 0. The monoisotopic (exact) mass is 348 g/mol. The van der Waals surface area contributed by atoms with Crippen molar-refractivity contribution in [3.63, 3.8) is 0 Å². The van der Waals surface area contributed by atoms with Crippen molar-refractivity contribution >= 4 is 17.7 Å². The zero-order valence-electron chi connectivity index (χ0n) is 15.5. The van der Waals surface area contributed by atoms with E-state index >= 15 is 0 Å². The van der Waals surface area contributed by atoms with Crippen LogP contribution in [-0.2, 0) is 9.47 Å². The molecular weight excluding hydrogens is 320 g/mol. The van der Waals surface area contributed by atoms with Crippen LogP contribution in [0.15, 0.2) is 24.3 Å². The number of carbonyl (C=O) groups excluding carboxylic acids is 2. The number of carbonyl (C=O) groups is 2. The second-order valence-electron chi connectivity index (χ2n) is 7.18. The van der Waals surface area contributed by atoms with E-state index in [1.165, 1.54) is 0 Å². The van der Waals surface area contributed by atoms with Crippen molar-refractivity contribution in [2.75, 3.05) is 25.0 Å². The van der Waals surface area contributed by atoms with Gasteiger partial charge in [-0.2, -0.15) is 0 Å². The summed E-state index contributed by atoms with van der Waals surface area (Å²) in [5, 5.41) is 3.46. The van der Waals surface area contributed by atoms with Gasteiger partial charge in [-0.1, -0.05) is 0 Å². The van der Waals surface area contributed by atoms with E-state index in [0.29, 0.717) is 31.3 Å². The van der Waals surface area contributed by atoms with E-state index in [-0.39, 0.29) is 12.1 Å². The number of ether oxygens (including phenoxy) is 2. The maximum Gasteiger partial charge on any atom is 0.410 e. The summed E-state index contributed by atoms with van der Waals surface area (Å²) in [4.78, 5) is 25.5. The number of likely N-dealkylation sites (tertiary alicyclic amines) is 1. The van der Waals surface area contributed by atoms with Gasteiger partial charge < -0.3 is 19.7 Å². The Bertz CT molecular complexity index is 584. The summed E-state index contributed by atoms with van der Waals surface area (Å²) in [6.07, 6.45) is 1.47.